The average molecular weight is 250 g/mol. The number of aromatic amines is 1. The van der Waals surface area contributed by atoms with Crippen molar-refractivity contribution in [2.45, 2.75) is 6.61 Å². The predicted molar refractivity (Wildman–Crippen MR) is 75.4 cm³/mol. The fourth-order valence-electron chi connectivity index (χ4n) is 2.22. The smallest absolute Gasteiger partial charge is 0.0961 e. The summed E-state index contributed by atoms with van der Waals surface area (Å²) in [5.74, 6) is 0. The number of aliphatic hydroxyl groups is 1. The van der Waals surface area contributed by atoms with E-state index >= 15 is 0 Å². The second kappa shape index (κ2) is 5.08. The Labute approximate surface area is 111 Å². The first-order chi connectivity index (χ1) is 9.40. The molecule has 0 aliphatic heterocycles. The van der Waals surface area contributed by atoms with Crippen LogP contribution in [0.3, 0.4) is 0 Å². The van der Waals surface area contributed by atoms with Gasteiger partial charge in [-0.1, -0.05) is 54.6 Å². The lowest BCUT2D eigenvalue weighted by molar-refractivity contribution is 0.282. The summed E-state index contributed by atoms with van der Waals surface area (Å²) in [6.07, 6.45) is 1.69. The minimum atomic E-state index is 0.0173. The van der Waals surface area contributed by atoms with E-state index in [4.69, 9.17) is 0 Å². The Morgan fingerprint density at radius 3 is 2.47 bits per heavy atom. The molecule has 1 aromatic heterocycles. The highest BCUT2D eigenvalue weighted by Gasteiger charge is 2.12. The number of nitrogens with one attached hydrogen (secondary N) is 1. The Hall–Kier alpha value is -2.39. The molecule has 0 fully saturated rings. The number of hydrogen-bond donors (Lipinski definition) is 2. The summed E-state index contributed by atoms with van der Waals surface area (Å²) in [5.41, 5.74) is 4.79. The Balaban J connectivity index is 2.15. The number of H-pyrrole nitrogens is 1. The van der Waals surface area contributed by atoms with E-state index < -0.39 is 0 Å². The molecule has 94 valence electrons. The summed E-state index contributed by atoms with van der Waals surface area (Å²) in [5, 5.41) is 9.44. The fourth-order valence-corrected chi connectivity index (χ4v) is 2.22. The van der Waals surface area contributed by atoms with Crippen molar-refractivity contribution in [1.82, 2.24) is 9.97 Å². The van der Waals surface area contributed by atoms with Gasteiger partial charge in [-0.25, -0.2) is 4.98 Å². The molecule has 0 saturated carbocycles. The third kappa shape index (κ3) is 2.16. The third-order valence-electron chi connectivity index (χ3n) is 3.14. The zero-order valence-corrected chi connectivity index (χ0v) is 10.4. The zero-order chi connectivity index (χ0) is 13.1. The SMILES string of the molecule is OCc1ccccc1-c1[nH]cnc1-c1ccccc1. The van der Waals surface area contributed by atoms with Crippen LogP contribution >= 0.6 is 0 Å². The summed E-state index contributed by atoms with van der Waals surface area (Å²) in [4.78, 5) is 7.57. The van der Waals surface area contributed by atoms with Crippen molar-refractivity contribution in [3.63, 3.8) is 0 Å². The van der Waals surface area contributed by atoms with Crippen LogP contribution in [0.5, 0.6) is 0 Å². The van der Waals surface area contributed by atoms with Gasteiger partial charge in [-0.15, -0.1) is 0 Å². The monoisotopic (exact) mass is 250 g/mol. The summed E-state index contributed by atoms with van der Waals surface area (Å²) in [6, 6.07) is 17.8. The molecule has 3 aromatic rings. The largest absolute Gasteiger partial charge is 0.392 e. The summed E-state index contributed by atoms with van der Waals surface area (Å²) in [6.45, 7) is 0.0173. The van der Waals surface area contributed by atoms with Gasteiger partial charge in [0.15, 0.2) is 0 Å². The van der Waals surface area contributed by atoms with Crippen LogP contribution in [0.4, 0.5) is 0 Å². The molecule has 3 nitrogen and oxygen atoms in total. The molecule has 19 heavy (non-hydrogen) atoms. The van der Waals surface area contributed by atoms with Crippen molar-refractivity contribution in [3.8, 4) is 22.5 Å². The third-order valence-corrected chi connectivity index (χ3v) is 3.14. The van der Waals surface area contributed by atoms with Gasteiger partial charge in [0, 0.05) is 11.1 Å². The highest BCUT2D eigenvalue weighted by molar-refractivity contribution is 5.79. The number of aliphatic hydroxyl groups excluding tert-OH is 1. The van der Waals surface area contributed by atoms with E-state index in [1.807, 2.05) is 54.6 Å². The Bertz CT molecular complexity index is 674. The van der Waals surface area contributed by atoms with Crippen molar-refractivity contribution < 1.29 is 5.11 Å². The van der Waals surface area contributed by atoms with Gasteiger partial charge in [0.1, 0.15) is 0 Å². The van der Waals surface area contributed by atoms with Crippen molar-refractivity contribution in [1.29, 1.82) is 0 Å². The van der Waals surface area contributed by atoms with Gasteiger partial charge < -0.3 is 10.1 Å². The molecule has 2 N–H and O–H groups in total. The minimum Gasteiger partial charge on any atom is -0.392 e. The maximum Gasteiger partial charge on any atom is 0.0961 e. The predicted octanol–water partition coefficient (Wildman–Crippen LogP) is 3.24. The lowest BCUT2D eigenvalue weighted by Crippen LogP contribution is -1.91. The van der Waals surface area contributed by atoms with Gasteiger partial charge in [-0.05, 0) is 5.56 Å². The maximum absolute atomic E-state index is 9.44. The number of aromatic nitrogens is 2. The van der Waals surface area contributed by atoms with Crippen LogP contribution in [0.25, 0.3) is 22.5 Å². The Morgan fingerprint density at radius 1 is 0.947 bits per heavy atom. The van der Waals surface area contributed by atoms with E-state index in [9.17, 15) is 5.11 Å². The lowest BCUT2D eigenvalue weighted by Gasteiger charge is -2.07. The molecule has 0 unspecified atom stereocenters. The van der Waals surface area contributed by atoms with Gasteiger partial charge >= 0.3 is 0 Å². The number of nitrogens with zero attached hydrogens (tertiary/aromatic N) is 1. The van der Waals surface area contributed by atoms with Crippen molar-refractivity contribution in [2.24, 2.45) is 0 Å². The molecule has 0 aliphatic rings. The highest BCUT2D eigenvalue weighted by atomic mass is 16.3. The van der Waals surface area contributed by atoms with E-state index in [0.717, 1.165) is 28.1 Å². The first-order valence-corrected chi connectivity index (χ1v) is 6.18. The van der Waals surface area contributed by atoms with Gasteiger partial charge in [0.05, 0.1) is 24.3 Å². The number of hydrogen-bond acceptors (Lipinski definition) is 2. The Morgan fingerprint density at radius 2 is 1.68 bits per heavy atom. The normalized spacial score (nSPS) is 10.6. The van der Waals surface area contributed by atoms with Crippen LogP contribution in [-0.2, 0) is 6.61 Å². The fraction of sp³-hybridized carbons (Fsp3) is 0.0625. The van der Waals surface area contributed by atoms with E-state index in [2.05, 4.69) is 9.97 Å². The molecule has 0 spiro atoms. The second-order valence-electron chi connectivity index (χ2n) is 4.31. The van der Waals surface area contributed by atoms with E-state index in [1.165, 1.54) is 0 Å². The molecule has 3 rings (SSSR count). The van der Waals surface area contributed by atoms with Crippen LogP contribution in [0.15, 0.2) is 60.9 Å². The van der Waals surface area contributed by atoms with Crippen LogP contribution in [0.2, 0.25) is 0 Å². The molecule has 0 amide bonds. The lowest BCUT2D eigenvalue weighted by atomic mass is 10.0. The molecule has 0 atom stereocenters. The molecule has 3 heteroatoms. The molecule has 0 radical (unpaired) electrons. The molecular weight excluding hydrogens is 236 g/mol. The van der Waals surface area contributed by atoms with E-state index in [-0.39, 0.29) is 6.61 Å². The van der Waals surface area contributed by atoms with Gasteiger partial charge in [0.25, 0.3) is 0 Å². The molecule has 1 heterocycles. The summed E-state index contributed by atoms with van der Waals surface area (Å²) < 4.78 is 0. The van der Waals surface area contributed by atoms with Crippen molar-refractivity contribution in [3.05, 3.63) is 66.5 Å². The first-order valence-electron chi connectivity index (χ1n) is 6.18. The highest BCUT2D eigenvalue weighted by Crippen LogP contribution is 2.30. The minimum absolute atomic E-state index is 0.0173. The van der Waals surface area contributed by atoms with Crippen LogP contribution < -0.4 is 0 Å². The molecule has 0 bridgehead atoms. The van der Waals surface area contributed by atoms with Crippen molar-refractivity contribution >= 4 is 0 Å². The summed E-state index contributed by atoms with van der Waals surface area (Å²) >= 11 is 0. The Kier molecular flexibility index (Phi) is 3.12. The number of imidazole rings is 1. The van der Waals surface area contributed by atoms with Crippen LogP contribution in [-0.4, -0.2) is 15.1 Å². The second-order valence-corrected chi connectivity index (χ2v) is 4.31. The van der Waals surface area contributed by atoms with Gasteiger partial charge in [-0.2, -0.15) is 0 Å². The molecule has 2 aromatic carbocycles. The standard InChI is InChI=1S/C16H14N2O/c19-10-13-8-4-5-9-14(13)16-15(17-11-18-16)12-6-2-1-3-7-12/h1-9,11,19H,10H2,(H,17,18). The van der Waals surface area contributed by atoms with Crippen LogP contribution in [0, 0.1) is 0 Å². The molecule has 0 aliphatic carbocycles. The quantitative estimate of drug-likeness (QED) is 0.749. The van der Waals surface area contributed by atoms with Crippen molar-refractivity contribution in [2.75, 3.05) is 0 Å². The molecule has 0 saturated heterocycles. The van der Waals surface area contributed by atoms with Crippen LogP contribution in [0.1, 0.15) is 5.56 Å². The van der Waals surface area contributed by atoms with E-state index in [1.54, 1.807) is 6.33 Å². The van der Waals surface area contributed by atoms with E-state index in [0.29, 0.717) is 0 Å². The first kappa shape index (κ1) is 11.7. The molecular formula is C16H14N2O. The topological polar surface area (TPSA) is 48.9 Å². The zero-order valence-electron chi connectivity index (χ0n) is 10.4. The maximum atomic E-state index is 9.44. The number of rotatable bonds is 3. The van der Waals surface area contributed by atoms with Gasteiger partial charge in [0.2, 0.25) is 0 Å². The van der Waals surface area contributed by atoms with Gasteiger partial charge in [-0.3, -0.25) is 0 Å². The summed E-state index contributed by atoms with van der Waals surface area (Å²) in [7, 11) is 0. The number of benzene rings is 2. The average Bonchev–Trinajstić information content (AvgIpc) is 2.97.